The number of aromatic carboxylic acids is 1. The summed E-state index contributed by atoms with van der Waals surface area (Å²) in [4.78, 5) is 45.0. The number of piperidine rings is 1. The van der Waals surface area contributed by atoms with Crippen molar-refractivity contribution in [2.24, 2.45) is 0 Å². The Kier molecular flexibility index (Phi) is 6.49. The van der Waals surface area contributed by atoms with E-state index in [9.17, 15) is 19.5 Å². The summed E-state index contributed by atoms with van der Waals surface area (Å²) in [5.74, 6) is -0.845. The molecule has 1 fully saturated rings. The lowest BCUT2D eigenvalue weighted by Gasteiger charge is -2.29. The maximum atomic E-state index is 13.9. The molecule has 1 N–H and O–H groups in total. The van der Waals surface area contributed by atoms with E-state index in [0.29, 0.717) is 18.8 Å². The number of benzene rings is 3. The van der Waals surface area contributed by atoms with Gasteiger partial charge >= 0.3 is 17.3 Å². The number of carboxylic acids is 1. The molecule has 1 aromatic heterocycles. The first kappa shape index (κ1) is 23.3. The molecule has 0 bridgehead atoms. The van der Waals surface area contributed by atoms with Gasteiger partial charge in [0.05, 0.1) is 17.8 Å². The van der Waals surface area contributed by atoms with Gasteiger partial charge in [0.15, 0.2) is 0 Å². The molecule has 5 rings (SSSR count). The van der Waals surface area contributed by atoms with E-state index in [1.54, 1.807) is 12.1 Å². The fourth-order valence-corrected chi connectivity index (χ4v) is 4.66. The maximum Gasteiger partial charge on any atom is 0.355 e. The van der Waals surface area contributed by atoms with Crippen LogP contribution in [0.5, 0.6) is 0 Å². The lowest BCUT2D eigenvalue weighted by Crippen LogP contribution is -2.45. The molecule has 1 saturated heterocycles. The smallest absolute Gasteiger partial charge is 0.355 e. The molecule has 0 saturated carbocycles. The van der Waals surface area contributed by atoms with Crippen molar-refractivity contribution in [3.05, 3.63) is 111 Å². The van der Waals surface area contributed by atoms with Gasteiger partial charge in [-0.05, 0) is 54.2 Å². The SMILES string of the molecule is O=C(O)c1cccc(-n2c(N3CCCCC3)nc(=O)n(Cc3ccccc3-c3ccccc3)c2=O)c1. The molecular weight excluding hydrogens is 456 g/mol. The molecule has 1 aliphatic rings. The predicted octanol–water partition coefficient (Wildman–Crippen LogP) is 3.80. The molecule has 8 heteroatoms. The van der Waals surface area contributed by atoms with Crippen LogP contribution in [-0.2, 0) is 6.54 Å². The third-order valence-corrected chi connectivity index (χ3v) is 6.47. The first-order chi connectivity index (χ1) is 17.5. The molecule has 0 spiro atoms. The van der Waals surface area contributed by atoms with Crippen molar-refractivity contribution in [1.29, 1.82) is 0 Å². The molecule has 0 unspecified atom stereocenters. The number of rotatable bonds is 6. The number of nitrogens with zero attached hydrogens (tertiary/aromatic N) is 4. The van der Waals surface area contributed by atoms with Crippen molar-refractivity contribution in [3.63, 3.8) is 0 Å². The van der Waals surface area contributed by atoms with E-state index >= 15 is 0 Å². The fraction of sp³-hybridized carbons (Fsp3) is 0.214. The zero-order valence-electron chi connectivity index (χ0n) is 19.7. The summed E-state index contributed by atoms with van der Waals surface area (Å²) in [5, 5.41) is 9.51. The maximum absolute atomic E-state index is 13.9. The molecule has 0 radical (unpaired) electrons. The average Bonchev–Trinajstić information content (AvgIpc) is 2.92. The number of hydrogen-bond donors (Lipinski definition) is 1. The standard InChI is InChI=1S/C28H26N4O4/c33-25(34)21-13-9-14-23(18-21)32-26(30-16-7-2-8-17-30)29-27(35)31(28(32)36)19-22-12-5-6-15-24(22)20-10-3-1-4-11-20/h1,3-6,9-15,18H,2,7-8,16-17,19H2,(H,33,34). The van der Waals surface area contributed by atoms with Gasteiger partial charge in [-0.3, -0.25) is 0 Å². The highest BCUT2D eigenvalue weighted by Gasteiger charge is 2.22. The van der Waals surface area contributed by atoms with Crippen molar-refractivity contribution in [1.82, 2.24) is 14.1 Å². The Morgan fingerprint density at radius 2 is 1.58 bits per heavy atom. The molecule has 0 atom stereocenters. The Hall–Kier alpha value is -4.46. The third kappa shape index (κ3) is 4.57. The highest BCUT2D eigenvalue weighted by atomic mass is 16.4. The summed E-state index contributed by atoms with van der Waals surface area (Å²) in [5.41, 5.74) is 1.93. The summed E-state index contributed by atoms with van der Waals surface area (Å²) in [6.45, 7) is 1.38. The van der Waals surface area contributed by atoms with Crippen LogP contribution in [0.25, 0.3) is 16.8 Å². The highest BCUT2D eigenvalue weighted by molar-refractivity contribution is 5.88. The average molecular weight is 483 g/mol. The number of carboxylic acid groups (broad SMARTS) is 1. The summed E-state index contributed by atoms with van der Waals surface area (Å²) in [6, 6.07) is 23.6. The van der Waals surface area contributed by atoms with Crippen molar-refractivity contribution in [2.45, 2.75) is 25.8 Å². The first-order valence-corrected chi connectivity index (χ1v) is 12.0. The largest absolute Gasteiger partial charge is 0.478 e. The summed E-state index contributed by atoms with van der Waals surface area (Å²) in [6.07, 6.45) is 2.93. The fourth-order valence-electron chi connectivity index (χ4n) is 4.66. The molecule has 4 aromatic rings. The molecule has 36 heavy (non-hydrogen) atoms. The normalized spacial score (nSPS) is 13.5. The van der Waals surface area contributed by atoms with Gasteiger partial charge in [0.1, 0.15) is 0 Å². The van der Waals surface area contributed by atoms with Gasteiger partial charge in [0, 0.05) is 13.1 Å². The van der Waals surface area contributed by atoms with Gasteiger partial charge in [-0.2, -0.15) is 4.98 Å². The molecule has 2 heterocycles. The highest BCUT2D eigenvalue weighted by Crippen LogP contribution is 2.24. The number of carbonyl (C=O) groups is 1. The summed E-state index contributed by atoms with van der Waals surface area (Å²) in [7, 11) is 0. The van der Waals surface area contributed by atoms with Crippen LogP contribution >= 0.6 is 0 Å². The lowest BCUT2D eigenvalue weighted by molar-refractivity contribution is 0.0697. The first-order valence-electron chi connectivity index (χ1n) is 12.0. The van der Waals surface area contributed by atoms with Crippen LogP contribution in [0.2, 0.25) is 0 Å². The number of hydrogen-bond acceptors (Lipinski definition) is 5. The van der Waals surface area contributed by atoms with Gasteiger partial charge in [-0.1, -0.05) is 60.7 Å². The van der Waals surface area contributed by atoms with Crippen LogP contribution in [0, 0.1) is 0 Å². The Labute approximate surface area is 207 Å². The van der Waals surface area contributed by atoms with Crippen molar-refractivity contribution in [2.75, 3.05) is 18.0 Å². The van der Waals surface area contributed by atoms with E-state index in [-0.39, 0.29) is 18.1 Å². The molecule has 1 aliphatic heterocycles. The minimum Gasteiger partial charge on any atom is -0.478 e. The number of anilines is 1. The van der Waals surface area contributed by atoms with Crippen molar-refractivity contribution >= 4 is 11.9 Å². The van der Waals surface area contributed by atoms with Crippen LogP contribution in [0.1, 0.15) is 35.2 Å². The van der Waals surface area contributed by atoms with Crippen LogP contribution in [-0.4, -0.2) is 38.3 Å². The van der Waals surface area contributed by atoms with Gasteiger partial charge in [-0.15, -0.1) is 0 Å². The van der Waals surface area contributed by atoms with E-state index in [2.05, 4.69) is 4.98 Å². The second-order valence-electron chi connectivity index (χ2n) is 8.82. The van der Waals surface area contributed by atoms with Crippen LogP contribution in [0.15, 0.2) is 88.5 Å². The Morgan fingerprint density at radius 1 is 0.861 bits per heavy atom. The van der Waals surface area contributed by atoms with Crippen LogP contribution in [0.3, 0.4) is 0 Å². The van der Waals surface area contributed by atoms with E-state index in [1.807, 2.05) is 59.5 Å². The Bertz CT molecular complexity index is 1520. The molecule has 3 aromatic carbocycles. The van der Waals surface area contributed by atoms with Crippen LogP contribution in [0.4, 0.5) is 5.95 Å². The summed E-state index contributed by atoms with van der Waals surface area (Å²) >= 11 is 0. The molecule has 0 aliphatic carbocycles. The second-order valence-corrected chi connectivity index (χ2v) is 8.82. The van der Waals surface area contributed by atoms with Gasteiger partial charge in [0.25, 0.3) is 0 Å². The minimum absolute atomic E-state index is 0.0363. The monoisotopic (exact) mass is 482 g/mol. The second kappa shape index (κ2) is 10.0. The molecular formula is C28H26N4O4. The topological polar surface area (TPSA) is 97.4 Å². The van der Waals surface area contributed by atoms with Crippen molar-refractivity contribution in [3.8, 4) is 16.8 Å². The lowest BCUT2D eigenvalue weighted by atomic mass is 10.00. The zero-order chi connectivity index (χ0) is 25.1. The van der Waals surface area contributed by atoms with Crippen molar-refractivity contribution < 1.29 is 9.90 Å². The Morgan fingerprint density at radius 3 is 2.33 bits per heavy atom. The zero-order valence-corrected chi connectivity index (χ0v) is 19.7. The third-order valence-electron chi connectivity index (χ3n) is 6.47. The van der Waals surface area contributed by atoms with Crippen LogP contribution < -0.4 is 16.3 Å². The molecule has 8 nitrogen and oxygen atoms in total. The minimum atomic E-state index is -1.09. The van der Waals surface area contributed by atoms with E-state index in [4.69, 9.17) is 0 Å². The quantitative estimate of drug-likeness (QED) is 0.449. The Balaban J connectivity index is 1.68. The number of aromatic nitrogens is 3. The summed E-state index contributed by atoms with van der Waals surface area (Å²) < 4.78 is 2.48. The molecule has 182 valence electrons. The van der Waals surface area contributed by atoms with E-state index in [0.717, 1.165) is 40.5 Å². The van der Waals surface area contributed by atoms with E-state index in [1.165, 1.54) is 16.7 Å². The van der Waals surface area contributed by atoms with E-state index < -0.39 is 17.3 Å². The van der Waals surface area contributed by atoms with Gasteiger partial charge < -0.3 is 10.0 Å². The van der Waals surface area contributed by atoms with Gasteiger partial charge in [-0.25, -0.2) is 23.5 Å². The predicted molar refractivity (Wildman–Crippen MR) is 138 cm³/mol. The van der Waals surface area contributed by atoms with Gasteiger partial charge in [0.2, 0.25) is 5.95 Å². The molecule has 0 amide bonds.